The molecule has 2 aromatic heterocycles. The van der Waals surface area contributed by atoms with Crippen LogP contribution < -0.4 is 4.90 Å². The Bertz CT molecular complexity index is 1800. The lowest BCUT2D eigenvalue weighted by Gasteiger charge is -2.35. The molecule has 1 atom stereocenters. The van der Waals surface area contributed by atoms with Crippen molar-refractivity contribution in [1.29, 1.82) is 0 Å². The van der Waals surface area contributed by atoms with Crippen LogP contribution in [0.25, 0.3) is 21.0 Å². The lowest BCUT2D eigenvalue weighted by molar-refractivity contribution is 0.384. The number of benzene rings is 3. The summed E-state index contributed by atoms with van der Waals surface area (Å²) in [6.45, 7) is 4.38. The molecule has 0 spiro atoms. The maximum atomic E-state index is 13.8. The fourth-order valence-corrected chi connectivity index (χ4v) is 9.19. The zero-order chi connectivity index (χ0) is 27.3. The standard InChI is InChI=1S/C32H32N4O2S2/c1-22-14-15-26-27(20-22)39-32-30(26)31(33-29(34-32)21-23-8-3-2-4-9-23)35-16-18-36(19-17-35)40(37,38)28-13-7-11-24-10-5-6-12-25(24)28/h2-13,22H,14-21H2,1H3. The third-order valence-electron chi connectivity index (χ3n) is 8.29. The van der Waals surface area contributed by atoms with Crippen LogP contribution in [-0.2, 0) is 29.3 Å². The van der Waals surface area contributed by atoms with Crippen LogP contribution in [0.4, 0.5) is 5.82 Å². The molecule has 1 aliphatic heterocycles. The third kappa shape index (κ3) is 4.58. The van der Waals surface area contributed by atoms with E-state index in [1.54, 1.807) is 10.4 Å². The van der Waals surface area contributed by atoms with Gasteiger partial charge in [0.1, 0.15) is 16.5 Å². The van der Waals surface area contributed by atoms with Crippen LogP contribution in [0.3, 0.4) is 0 Å². The minimum Gasteiger partial charge on any atom is -0.353 e. The van der Waals surface area contributed by atoms with Gasteiger partial charge in [-0.1, -0.05) is 73.7 Å². The second-order valence-electron chi connectivity index (χ2n) is 11.0. The second-order valence-corrected chi connectivity index (χ2v) is 14.0. The molecule has 0 amide bonds. The van der Waals surface area contributed by atoms with E-state index in [4.69, 9.17) is 9.97 Å². The highest BCUT2D eigenvalue weighted by Gasteiger charge is 2.32. The summed E-state index contributed by atoms with van der Waals surface area (Å²) in [6.07, 6.45) is 4.01. The van der Waals surface area contributed by atoms with E-state index in [0.29, 0.717) is 43.4 Å². The highest BCUT2D eigenvalue weighted by molar-refractivity contribution is 7.89. The molecule has 6 nitrogen and oxygen atoms in total. The molecule has 2 aliphatic rings. The monoisotopic (exact) mass is 568 g/mol. The average Bonchev–Trinajstić information content (AvgIpc) is 3.34. The summed E-state index contributed by atoms with van der Waals surface area (Å²) in [4.78, 5) is 15.4. The Hall–Kier alpha value is -3.33. The molecule has 40 heavy (non-hydrogen) atoms. The molecular weight excluding hydrogens is 537 g/mol. The van der Waals surface area contributed by atoms with Crippen LogP contribution in [0, 0.1) is 5.92 Å². The maximum absolute atomic E-state index is 13.8. The number of fused-ring (bicyclic) bond motifs is 4. The normalized spacial score (nSPS) is 18.3. The predicted octanol–water partition coefficient (Wildman–Crippen LogP) is 6.07. The molecule has 0 bridgehead atoms. The Balaban J connectivity index is 1.22. The highest BCUT2D eigenvalue weighted by atomic mass is 32.2. The fraction of sp³-hybridized carbons (Fsp3) is 0.312. The van der Waals surface area contributed by atoms with Crippen LogP contribution in [-0.4, -0.2) is 48.9 Å². The quantitative estimate of drug-likeness (QED) is 0.257. The number of hydrogen-bond donors (Lipinski definition) is 0. The minimum absolute atomic E-state index is 0.384. The van der Waals surface area contributed by atoms with Gasteiger partial charge in [-0.05, 0) is 47.8 Å². The average molecular weight is 569 g/mol. The van der Waals surface area contributed by atoms with Crippen LogP contribution in [0.2, 0.25) is 0 Å². The lowest BCUT2D eigenvalue weighted by Crippen LogP contribution is -2.49. The van der Waals surface area contributed by atoms with Gasteiger partial charge in [-0.15, -0.1) is 11.3 Å². The predicted molar refractivity (Wildman–Crippen MR) is 163 cm³/mol. The van der Waals surface area contributed by atoms with Gasteiger partial charge in [0.2, 0.25) is 10.0 Å². The van der Waals surface area contributed by atoms with Crippen LogP contribution in [0.1, 0.15) is 35.2 Å². The van der Waals surface area contributed by atoms with Gasteiger partial charge < -0.3 is 4.90 Å². The Kier molecular flexibility index (Phi) is 6.57. The van der Waals surface area contributed by atoms with Crippen molar-refractivity contribution in [3.8, 4) is 0 Å². The summed E-state index contributed by atoms with van der Waals surface area (Å²) in [7, 11) is -3.62. The molecule has 1 unspecified atom stereocenters. The maximum Gasteiger partial charge on any atom is 0.243 e. The summed E-state index contributed by atoms with van der Waals surface area (Å²) in [5, 5.41) is 2.90. The molecule has 1 fully saturated rings. The topological polar surface area (TPSA) is 66.4 Å². The van der Waals surface area contributed by atoms with Gasteiger partial charge in [-0.3, -0.25) is 0 Å². The first kappa shape index (κ1) is 25.6. The summed E-state index contributed by atoms with van der Waals surface area (Å²) in [6, 6.07) is 23.6. The summed E-state index contributed by atoms with van der Waals surface area (Å²) >= 11 is 1.83. The molecular formula is C32H32N4O2S2. The number of piperazine rings is 1. The number of anilines is 1. The molecule has 1 aliphatic carbocycles. The zero-order valence-corrected chi connectivity index (χ0v) is 24.2. The van der Waals surface area contributed by atoms with Gasteiger partial charge in [0, 0.05) is 42.9 Å². The van der Waals surface area contributed by atoms with Crippen LogP contribution in [0.15, 0.2) is 77.7 Å². The first-order valence-electron chi connectivity index (χ1n) is 14.1. The van der Waals surface area contributed by atoms with Gasteiger partial charge >= 0.3 is 0 Å². The zero-order valence-electron chi connectivity index (χ0n) is 22.6. The van der Waals surface area contributed by atoms with Gasteiger partial charge in [0.05, 0.1) is 10.3 Å². The van der Waals surface area contributed by atoms with E-state index in [-0.39, 0.29) is 0 Å². The SMILES string of the molecule is CC1CCc2c(sc3nc(Cc4ccccc4)nc(N4CCN(S(=O)(=O)c5cccc6ccccc56)CC4)c23)C1. The Morgan fingerprint density at radius 2 is 1.65 bits per heavy atom. The van der Waals surface area contributed by atoms with E-state index in [1.165, 1.54) is 27.8 Å². The van der Waals surface area contributed by atoms with E-state index in [2.05, 4.69) is 36.1 Å². The number of sulfonamides is 1. The van der Waals surface area contributed by atoms with Crippen LogP contribution in [0.5, 0.6) is 0 Å². The second kappa shape index (κ2) is 10.3. The van der Waals surface area contributed by atoms with E-state index < -0.39 is 10.0 Å². The first-order chi connectivity index (χ1) is 19.5. The van der Waals surface area contributed by atoms with E-state index >= 15 is 0 Å². The smallest absolute Gasteiger partial charge is 0.243 e. The lowest BCUT2D eigenvalue weighted by atomic mass is 9.89. The van der Waals surface area contributed by atoms with Crippen molar-refractivity contribution in [2.24, 2.45) is 5.92 Å². The molecule has 0 saturated carbocycles. The fourth-order valence-electron chi connectivity index (χ4n) is 6.15. The number of aromatic nitrogens is 2. The number of nitrogens with zero attached hydrogens (tertiary/aromatic N) is 4. The highest BCUT2D eigenvalue weighted by Crippen LogP contribution is 2.41. The van der Waals surface area contributed by atoms with E-state index in [1.807, 2.05) is 53.8 Å². The van der Waals surface area contributed by atoms with Gasteiger partial charge in [-0.25, -0.2) is 18.4 Å². The summed E-state index contributed by atoms with van der Waals surface area (Å²) in [5.74, 6) is 2.49. The molecule has 1 saturated heterocycles. The number of thiophene rings is 1. The van der Waals surface area contributed by atoms with E-state index in [0.717, 1.165) is 40.1 Å². The summed E-state index contributed by atoms with van der Waals surface area (Å²) in [5.41, 5.74) is 2.60. The van der Waals surface area contributed by atoms with Crippen molar-refractivity contribution in [3.63, 3.8) is 0 Å². The van der Waals surface area contributed by atoms with Crippen molar-refractivity contribution >= 4 is 48.2 Å². The number of rotatable bonds is 5. The molecule has 0 N–H and O–H groups in total. The third-order valence-corrected chi connectivity index (χ3v) is 11.4. The van der Waals surface area contributed by atoms with Gasteiger partial charge in [0.25, 0.3) is 0 Å². The van der Waals surface area contributed by atoms with Crippen molar-refractivity contribution in [1.82, 2.24) is 14.3 Å². The largest absolute Gasteiger partial charge is 0.353 e. The molecule has 0 radical (unpaired) electrons. The van der Waals surface area contributed by atoms with Gasteiger partial charge in [-0.2, -0.15) is 4.31 Å². The van der Waals surface area contributed by atoms with Crippen molar-refractivity contribution < 1.29 is 8.42 Å². The minimum atomic E-state index is -3.62. The Morgan fingerprint density at radius 3 is 2.48 bits per heavy atom. The van der Waals surface area contributed by atoms with Crippen molar-refractivity contribution in [2.45, 2.75) is 37.5 Å². The molecule has 3 aromatic carbocycles. The molecule has 8 heteroatoms. The Morgan fingerprint density at radius 1 is 0.900 bits per heavy atom. The molecule has 3 heterocycles. The summed E-state index contributed by atoms with van der Waals surface area (Å²) < 4.78 is 29.2. The Labute approximate surface area is 239 Å². The first-order valence-corrected chi connectivity index (χ1v) is 16.3. The number of hydrogen-bond acceptors (Lipinski definition) is 6. The number of aryl methyl sites for hydroxylation is 1. The van der Waals surface area contributed by atoms with Crippen molar-refractivity contribution in [2.75, 3.05) is 31.1 Å². The van der Waals surface area contributed by atoms with Gasteiger partial charge in [0.15, 0.2) is 0 Å². The van der Waals surface area contributed by atoms with Crippen molar-refractivity contribution in [3.05, 3.63) is 94.6 Å². The van der Waals surface area contributed by atoms with Crippen LogP contribution >= 0.6 is 11.3 Å². The molecule has 204 valence electrons. The molecule has 5 aromatic rings. The molecule has 7 rings (SSSR count). The van der Waals surface area contributed by atoms with E-state index in [9.17, 15) is 8.42 Å².